The zero-order chi connectivity index (χ0) is 26.9. The van der Waals surface area contributed by atoms with Crippen molar-refractivity contribution in [2.45, 2.75) is 60.0 Å². The van der Waals surface area contributed by atoms with E-state index in [4.69, 9.17) is 0 Å². The third-order valence-corrected chi connectivity index (χ3v) is 7.49. The first kappa shape index (κ1) is 26.1. The number of amides is 1. The van der Waals surface area contributed by atoms with Crippen LogP contribution in [0.3, 0.4) is 0 Å². The molecule has 1 amide bonds. The second-order valence-corrected chi connectivity index (χ2v) is 9.93. The van der Waals surface area contributed by atoms with Gasteiger partial charge in [0, 0.05) is 33.0 Å². The summed E-state index contributed by atoms with van der Waals surface area (Å²) >= 11 is 0. The average Bonchev–Trinajstić information content (AvgIpc) is 3.23. The smallest absolute Gasteiger partial charge is 0.304 e. The van der Waals surface area contributed by atoms with Crippen molar-refractivity contribution >= 4 is 22.9 Å². The van der Waals surface area contributed by atoms with Crippen LogP contribution in [0.25, 0.3) is 11.0 Å². The van der Waals surface area contributed by atoms with E-state index in [2.05, 4.69) is 42.4 Å². The fourth-order valence-corrected chi connectivity index (χ4v) is 4.96. The van der Waals surface area contributed by atoms with Crippen molar-refractivity contribution in [2.24, 2.45) is 7.05 Å². The van der Waals surface area contributed by atoms with Crippen LogP contribution in [0.15, 0.2) is 48.5 Å². The predicted octanol–water partition coefficient (Wildman–Crippen LogP) is 5.36. The van der Waals surface area contributed by atoms with Crippen LogP contribution in [-0.2, 0) is 29.7 Å². The first-order chi connectivity index (χ1) is 17.6. The lowest BCUT2D eigenvalue weighted by Crippen LogP contribution is -2.28. The van der Waals surface area contributed by atoms with Crippen LogP contribution in [0, 0.1) is 27.7 Å². The Morgan fingerprint density at radius 1 is 0.946 bits per heavy atom. The molecule has 0 aliphatic rings. The van der Waals surface area contributed by atoms with Crippen molar-refractivity contribution < 1.29 is 14.7 Å². The number of carboxylic acid groups (broad SMARTS) is 1. The number of carbonyl (C=O) groups is 2. The number of carbonyl (C=O) groups excluding carboxylic acids is 1. The predicted molar refractivity (Wildman–Crippen MR) is 144 cm³/mol. The van der Waals surface area contributed by atoms with Crippen LogP contribution in [0.2, 0.25) is 0 Å². The Bertz CT molecular complexity index is 1490. The number of rotatable bonds is 8. The standard InChI is InChI=1S/C30H34N4O3/c1-18-8-7-9-24(20(18)3)16-34(22(5)35)17-25-14-23(11-10-19(25)2)27(15-29(36)37)26-12-13-28-30(21(26)4)31-32-33(28)6/h7-14,27H,15-17H2,1-6H3,(H,36,37). The molecule has 0 saturated heterocycles. The molecule has 0 bridgehead atoms. The fraction of sp³-hybridized carbons (Fsp3) is 0.333. The van der Waals surface area contributed by atoms with E-state index in [-0.39, 0.29) is 18.2 Å². The molecule has 7 heteroatoms. The van der Waals surface area contributed by atoms with Gasteiger partial charge in [-0.15, -0.1) is 5.10 Å². The van der Waals surface area contributed by atoms with E-state index in [9.17, 15) is 14.7 Å². The van der Waals surface area contributed by atoms with Gasteiger partial charge >= 0.3 is 5.97 Å². The van der Waals surface area contributed by atoms with E-state index >= 15 is 0 Å². The summed E-state index contributed by atoms with van der Waals surface area (Å²) in [6.45, 7) is 10.7. The Kier molecular flexibility index (Phi) is 7.43. The second-order valence-electron chi connectivity index (χ2n) is 9.93. The third-order valence-electron chi connectivity index (χ3n) is 7.49. The Morgan fingerprint density at radius 2 is 1.68 bits per heavy atom. The molecule has 4 rings (SSSR count). The highest BCUT2D eigenvalue weighted by Gasteiger charge is 2.23. The SMILES string of the molecule is CC(=O)N(Cc1cc(C(CC(=O)O)c2ccc3c(nnn3C)c2C)ccc1C)Cc1cccc(C)c1C. The normalized spacial score (nSPS) is 12.1. The summed E-state index contributed by atoms with van der Waals surface area (Å²) in [7, 11) is 1.84. The second kappa shape index (κ2) is 10.5. The molecule has 1 aromatic heterocycles. The van der Waals surface area contributed by atoms with E-state index < -0.39 is 5.97 Å². The largest absolute Gasteiger partial charge is 0.481 e. The maximum atomic E-state index is 12.7. The maximum Gasteiger partial charge on any atom is 0.304 e. The Balaban J connectivity index is 1.72. The number of aliphatic carboxylic acids is 1. The zero-order valence-electron chi connectivity index (χ0n) is 22.4. The molecule has 4 aromatic rings. The lowest BCUT2D eigenvalue weighted by molar-refractivity contribution is -0.137. The van der Waals surface area contributed by atoms with Crippen LogP contribution in [0.4, 0.5) is 0 Å². The molecule has 0 aliphatic heterocycles. The quantitative estimate of drug-likeness (QED) is 0.353. The molecule has 1 atom stereocenters. The van der Waals surface area contributed by atoms with Crippen molar-refractivity contribution in [1.82, 2.24) is 19.9 Å². The van der Waals surface area contributed by atoms with Crippen LogP contribution < -0.4 is 0 Å². The van der Waals surface area contributed by atoms with E-state index in [1.165, 1.54) is 11.1 Å². The minimum absolute atomic E-state index is 0.00302. The van der Waals surface area contributed by atoms with Crippen molar-refractivity contribution in [2.75, 3.05) is 0 Å². The van der Waals surface area contributed by atoms with Gasteiger partial charge in [-0.2, -0.15) is 0 Å². The highest BCUT2D eigenvalue weighted by atomic mass is 16.4. The molecule has 7 nitrogen and oxygen atoms in total. The number of aromatic nitrogens is 3. The van der Waals surface area contributed by atoms with E-state index in [1.54, 1.807) is 11.6 Å². The molecule has 37 heavy (non-hydrogen) atoms. The number of nitrogens with zero attached hydrogens (tertiary/aromatic N) is 4. The minimum atomic E-state index is -0.869. The molecule has 192 valence electrons. The highest BCUT2D eigenvalue weighted by molar-refractivity contribution is 5.80. The summed E-state index contributed by atoms with van der Waals surface area (Å²) in [6.07, 6.45) is -0.0476. The van der Waals surface area contributed by atoms with E-state index in [0.29, 0.717) is 13.1 Å². The topological polar surface area (TPSA) is 88.3 Å². The van der Waals surface area contributed by atoms with E-state index in [1.807, 2.05) is 56.1 Å². The zero-order valence-corrected chi connectivity index (χ0v) is 22.4. The molecule has 0 fully saturated rings. The van der Waals surface area contributed by atoms with Gasteiger partial charge in [-0.05, 0) is 78.3 Å². The summed E-state index contributed by atoms with van der Waals surface area (Å²) in [5, 5.41) is 18.2. The highest BCUT2D eigenvalue weighted by Crippen LogP contribution is 2.34. The molecule has 1 heterocycles. The number of aryl methyl sites for hydroxylation is 4. The van der Waals surface area contributed by atoms with Crippen molar-refractivity contribution in [3.63, 3.8) is 0 Å². The molecule has 1 unspecified atom stereocenters. The maximum absolute atomic E-state index is 12.7. The number of carboxylic acids is 1. The molecule has 0 saturated carbocycles. The van der Waals surface area contributed by atoms with Crippen molar-refractivity contribution in [3.05, 3.63) is 93.0 Å². The number of hydrogen-bond donors (Lipinski definition) is 1. The van der Waals surface area contributed by atoms with Crippen LogP contribution in [0.5, 0.6) is 0 Å². The van der Waals surface area contributed by atoms with Gasteiger partial charge in [0.25, 0.3) is 0 Å². The third kappa shape index (κ3) is 5.40. The van der Waals surface area contributed by atoms with E-state index in [0.717, 1.165) is 44.4 Å². The average molecular weight is 499 g/mol. The van der Waals surface area contributed by atoms with Crippen LogP contribution in [-0.4, -0.2) is 36.9 Å². The molecule has 0 aliphatic carbocycles. The van der Waals surface area contributed by atoms with Crippen molar-refractivity contribution in [1.29, 1.82) is 0 Å². The van der Waals surface area contributed by atoms with Gasteiger partial charge in [0.1, 0.15) is 5.52 Å². The molecule has 1 N–H and O–H groups in total. The van der Waals surface area contributed by atoms with Gasteiger partial charge in [0.05, 0.1) is 11.9 Å². The lowest BCUT2D eigenvalue weighted by atomic mass is 9.84. The molecular formula is C30H34N4O3. The van der Waals surface area contributed by atoms with Crippen LogP contribution in [0.1, 0.15) is 63.8 Å². The molecule has 3 aromatic carbocycles. The fourth-order valence-electron chi connectivity index (χ4n) is 4.96. The summed E-state index contributed by atoms with van der Waals surface area (Å²) in [4.78, 5) is 26.4. The molecular weight excluding hydrogens is 464 g/mol. The summed E-state index contributed by atoms with van der Waals surface area (Å²) in [5.74, 6) is -1.23. The monoisotopic (exact) mass is 498 g/mol. The summed E-state index contributed by atoms with van der Waals surface area (Å²) in [6, 6.07) is 16.2. The first-order valence-electron chi connectivity index (χ1n) is 12.5. The molecule has 0 radical (unpaired) electrons. The lowest BCUT2D eigenvalue weighted by Gasteiger charge is -2.25. The molecule has 0 spiro atoms. The Labute approximate surface area is 217 Å². The Morgan fingerprint density at radius 3 is 2.38 bits per heavy atom. The summed E-state index contributed by atoms with van der Waals surface area (Å²) < 4.78 is 1.72. The summed E-state index contributed by atoms with van der Waals surface area (Å²) in [5.41, 5.74) is 10.0. The number of hydrogen-bond acceptors (Lipinski definition) is 4. The van der Waals surface area contributed by atoms with Gasteiger partial charge < -0.3 is 10.0 Å². The minimum Gasteiger partial charge on any atom is -0.481 e. The van der Waals surface area contributed by atoms with Gasteiger partial charge in [-0.25, -0.2) is 4.68 Å². The van der Waals surface area contributed by atoms with Gasteiger partial charge in [-0.1, -0.05) is 47.7 Å². The number of benzene rings is 3. The van der Waals surface area contributed by atoms with Gasteiger partial charge in [0.2, 0.25) is 5.91 Å². The van der Waals surface area contributed by atoms with Crippen molar-refractivity contribution in [3.8, 4) is 0 Å². The Hall–Kier alpha value is -4.00. The van der Waals surface area contributed by atoms with Crippen LogP contribution >= 0.6 is 0 Å². The first-order valence-corrected chi connectivity index (χ1v) is 12.5. The van der Waals surface area contributed by atoms with Gasteiger partial charge in [-0.3, -0.25) is 9.59 Å². The van der Waals surface area contributed by atoms with Gasteiger partial charge in [0.15, 0.2) is 0 Å². The number of fused-ring (bicyclic) bond motifs is 1.